The molecular formula is C18H21BrN4O. The summed E-state index contributed by atoms with van der Waals surface area (Å²) in [5.41, 5.74) is 2.86. The molecule has 0 saturated carbocycles. The van der Waals surface area contributed by atoms with Crippen LogP contribution >= 0.6 is 15.9 Å². The van der Waals surface area contributed by atoms with E-state index in [-0.39, 0.29) is 11.8 Å². The fourth-order valence-corrected chi connectivity index (χ4v) is 3.44. The van der Waals surface area contributed by atoms with Crippen molar-refractivity contribution in [3.8, 4) is 0 Å². The Labute approximate surface area is 150 Å². The lowest BCUT2D eigenvalue weighted by Crippen LogP contribution is -2.41. The van der Waals surface area contributed by atoms with Gasteiger partial charge in [-0.1, -0.05) is 15.9 Å². The second-order valence-electron chi connectivity index (χ2n) is 6.23. The van der Waals surface area contributed by atoms with Crippen molar-refractivity contribution in [3.63, 3.8) is 0 Å². The fourth-order valence-electron chi connectivity index (χ4n) is 2.96. The SMILES string of the molecule is Cc1ccnc(N2CCC[C@@H](C(=O)Nc3ccc(Br)cc3C)C2)n1. The minimum absolute atomic E-state index is 0.0501. The van der Waals surface area contributed by atoms with Crippen molar-refractivity contribution >= 4 is 33.5 Å². The van der Waals surface area contributed by atoms with Gasteiger partial charge in [0.05, 0.1) is 5.92 Å². The summed E-state index contributed by atoms with van der Waals surface area (Å²) < 4.78 is 1.01. The van der Waals surface area contributed by atoms with Gasteiger partial charge < -0.3 is 10.2 Å². The van der Waals surface area contributed by atoms with E-state index in [0.717, 1.165) is 40.8 Å². The molecule has 0 radical (unpaired) electrons. The molecule has 126 valence electrons. The predicted molar refractivity (Wildman–Crippen MR) is 99.2 cm³/mol. The Morgan fingerprint density at radius 2 is 2.17 bits per heavy atom. The summed E-state index contributed by atoms with van der Waals surface area (Å²) in [6, 6.07) is 7.76. The number of aromatic nitrogens is 2. The maximum absolute atomic E-state index is 12.7. The number of halogens is 1. The molecule has 1 fully saturated rings. The number of hydrogen-bond acceptors (Lipinski definition) is 4. The zero-order valence-corrected chi connectivity index (χ0v) is 15.5. The highest BCUT2D eigenvalue weighted by molar-refractivity contribution is 9.10. The van der Waals surface area contributed by atoms with Crippen LogP contribution in [0.25, 0.3) is 0 Å². The van der Waals surface area contributed by atoms with Gasteiger partial charge in [-0.05, 0) is 56.5 Å². The van der Waals surface area contributed by atoms with E-state index >= 15 is 0 Å². The number of amides is 1. The van der Waals surface area contributed by atoms with Crippen molar-refractivity contribution in [2.24, 2.45) is 5.92 Å². The summed E-state index contributed by atoms with van der Waals surface area (Å²) in [6.45, 7) is 5.50. The van der Waals surface area contributed by atoms with Crippen molar-refractivity contribution in [2.45, 2.75) is 26.7 Å². The normalized spacial score (nSPS) is 17.6. The predicted octanol–water partition coefficient (Wildman–Crippen LogP) is 3.71. The summed E-state index contributed by atoms with van der Waals surface area (Å²) in [6.07, 6.45) is 3.63. The topological polar surface area (TPSA) is 58.1 Å². The minimum atomic E-state index is -0.0501. The molecule has 0 spiro atoms. The smallest absolute Gasteiger partial charge is 0.229 e. The second-order valence-corrected chi connectivity index (χ2v) is 7.15. The Morgan fingerprint density at radius 3 is 2.92 bits per heavy atom. The van der Waals surface area contributed by atoms with E-state index in [9.17, 15) is 4.79 Å². The van der Waals surface area contributed by atoms with E-state index in [1.807, 2.05) is 38.1 Å². The molecule has 1 N–H and O–H groups in total. The third-order valence-electron chi connectivity index (χ3n) is 4.30. The zero-order chi connectivity index (χ0) is 17.1. The molecule has 1 amide bonds. The van der Waals surface area contributed by atoms with E-state index in [4.69, 9.17) is 0 Å². The first-order valence-electron chi connectivity index (χ1n) is 8.14. The van der Waals surface area contributed by atoms with Crippen molar-refractivity contribution in [1.29, 1.82) is 0 Å². The van der Waals surface area contributed by atoms with E-state index in [0.29, 0.717) is 12.5 Å². The van der Waals surface area contributed by atoms with Crippen LogP contribution in [0.4, 0.5) is 11.6 Å². The lowest BCUT2D eigenvalue weighted by atomic mass is 9.97. The van der Waals surface area contributed by atoms with Crippen molar-refractivity contribution in [3.05, 3.63) is 46.2 Å². The lowest BCUT2D eigenvalue weighted by Gasteiger charge is -2.32. The first-order valence-corrected chi connectivity index (χ1v) is 8.94. The number of aryl methyl sites for hydroxylation is 2. The number of piperidine rings is 1. The number of hydrogen-bond donors (Lipinski definition) is 1. The number of nitrogens with zero attached hydrogens (tertiary/aromatic N) is 3. The first-order chi connectivity index (χ1) is 11.5. The molecule has 5 nitrogen and oxygen atoms in total. The molecule has 1 aromatic carbocycles. The van der Waals surface area contributed by atoms with Gasteiger partial charge in [-0.2, -0.15) is 0 Å². The van der Waals surface area contributed by atoms with Crippen LogP contribution in [0.5, 0.6) is 0 Å². The van der Waals surface area contributed by atoms with Gasteiger partial charge in [-0.15, -0.1) is 0 Å². The summed E-state index contributed by atoms with van der Waals surface area (Å²) in [5.74, 6) is 0.732. The summed E-state index contributed by atoms with van der Waals surface area (Å²) in [4.78, 5) is 23.6. The Hall–Kier alpha value is -1.95. The van der Waals surface area contributed by atoms with E-state index in [2.05, 4.69) is 36.1 Å². The highest BCUT2D eigenvalue weighted by Gasteiger charge is 2.27. The number of carbonyl (C=O) groups is 1. The van der Waals surface area contributed by atoms with E-state index in [1.54, 1.807) is 6.20 Å². The van der Waals surface area contributed by atoms with Crippen LogP contribution < -0.4 is 10.2 Å². The Kier molecular flexibility index (Phi) is 5.14. The molecule has 1 aliphatic rings. The molecule has 0 bridgehead atoms. The monoisotopic (exact) mass is 388 g/mol. The quantitative estimate of drug-likeness (QED) is 0.870. The third-order valence-corrected chi connectivity index (χ3v) is 4.80. The number of anilines is 2. The Bertz CT molecular complexity index is 750. The van der Waals surface area contributed by atoms with Gasteiger partial charge in [0.25, 0.3) is 0 Å². The minimum Gasteiger partial charge on any atom is -0.340 e. The molecular weight excluding hydrogens is 368 g/mol. The van der Waals surface area contributed by atoms with Gasteiger partial charge in [-0.3, -0.25) is 4.79 Å². The van der Waals surface area contributed by atoms with Gasteiger partial charge in [0, 0.05) is 35.1 Å². The molecule has 6 heteroatoms. The van der Waals surface area contributed by atoms with Crippen LogP contribution in [0.1, 0.15) is 24.1 Å². The second kappa shape index (κ2) is 7.30. The first kappa shape index (κ1) is 16.9. The highest BCUT2D eigenvalue weighted by Crippen LogP contribution is 2.24. The maximum atomic E-state index is 12.7. The Morgan fingerprint density at radius 1 is 1.33 bits per heavy atom. The van der Waals surface area contributed by atoms with Gasteiger partial charge in [0.15, 0.2) is 0 Å². The molecule has 3 rings (SSSR count). The summed E-state index contributed by atoms with van der Waals surface area (Å²) in [7, 11) is 0. The maximum Gasteiger partial charge on any atom is 0.229 e. The molecule has 1 saturated heterocycles. The standard InChI is InChI=1S/C18H21BrN4O/c1-12-10-15(19)5-6-16(12)22-17(24)14-4-3-9-23(11-14)18-20-8-7-13(2)21-18/h5-8,10,14H,3-4,9,11H2,1-2H3,(H,22,24)/t14-/m1/s1. The largest absolute Gasteiger partial charge is 0.340 e. The fraction of sp³-hybridized carbons (Fsp3) is 0.389. The van der Waals surface area contributed by atoms with Gasteiger partial charge >= 0.3 is 0 Å². The van der Waals surface area contributed by atoms with Crippen molar-refractivity contribution in [1.82, 2.24) is 9.97 Å². The number of rotatable bonds is 3. The molecule has 1 aliphatic heterocycles. The van der Waals surface area contributed by atoms with Crippen LogP contribution in [-0.4, -0.2) is 29.0 Å². The van der Waals surface area contributed by atoms with Crippen LogP contribution in [0.15, 0.2) is 34.9 Å². The van der Waals surface area contributed by atoms with Crippen molar-refractivity contribution < 1.29 is 4.79 Å². The van der Waals surface area contributed by atoms with Crippen LogP contribution in [0.3, 0.4) is 0 Å². The van der Waals surface area contributed by atoms with Crippen molar-refractivity contribution in [2.75, 3.05) is 23.3 Å². The average molecular weight is 389 g/mol. The molecule has 0 aliphatic carbocycles. The molecule has 2 aromatic rings. The van der Waals surface area contributed by atoms with Crippen LogP contribution in [-0.2, 0) is 4.79 Å². The molecule has 0 unspecified atom stereocenters. The number of benzene rings is 1. The molecule has 2 heterocycles. The van der Waals surface area contributed by atoms with Gasteiger partial charge in [0.1, 0.15) is 0 Å². The molecule has 1 atom stereocenters. The molecule has 1 aromatic heterocycles. The zero-order valence-electron chi connectivity index (χ0n) is 13.9. The third kappa shape index (κ3) is 3.93. The van der Waals surface area contributed by atoms with E-state index in [1.165, 1.54) is 0 Å². The Balaban J connectivity index is 1.69. The number of carbonyl (C=O) groups excluding carboxylic acids is 1. The van der Waals surface area contributed by atoms with Crippen LogP contribution in [0.2, 0.25) is 0 Å². The average Bonchev–Trinajstić information content (AvgIpc) is 2.57. The number of nitrogens with one attached hydrogen (secondary N) is 1. The van der Waals surface area contributed by atoms with Gasteiger partial charge in [0.2, 0.25) is 11.9 Å². The molecule has 24 heavy (non-hydrogen) atoms. The lowest BCUT2D eigenvalue weighted by molar-refractivity contribution is -0.120. The summed E-state index contributed by atoms with van der Waals surface area (Å²) in [5, 5.41) is 3.06. The van der Waals surface area contributed by atoms with E-state index < -0.39 is 0 Å². The summed E-state index contributed by atoms with van der Waals surface area (Å²) >= 11 is 3.45. The highest BCUT2D eigenvalue weighted by atomic mass is 79.9. The van der Waals surface area contributed by atoms with Gasteiger partial charge in [-0.25, -0.2) is 9.97 Å². The van der Waals surface area contributed by atoms with Crippen LogP contribution in [0, 0.1) is 19.8 Å².